The van der Waals surface area contributed by atoms with Gasteiger partial charge in [0.25, 0.3) is 11.5 Å². The molecule has 1 aliphatic heterocycles. The Morgan fingerprint density at radius 2 is 1.96 bits per heavy atom. The average Bonchev–Trinajstić information content (AvgIpc) is 3.07. The van der Waals surface area contributed by atoms with Gasteiger partial charge in [0, 0.05) is 37.1 Å². The Hall–Kier alpha value is -3.16. The standard InChI is InChI=1S/C18H21N5O3/c1-2-3-11-23-16(24)9-8-15(21-23)17(25)20-13-4-6-14(7-5-13)22-12-10-19-18(22)26/h4-9H,2-3,10-12H2,1H3,(H,19,26)(H,20,25). The van der Waals surface area contributed by atoms with E-state index in [0.29, 0.717) is 25.3 Å². The molecule has 3 amide bonds. The van der Waals surface area contributed by atoms with Gasteiger partial charge >= 0.3 is 6.03 Å². The molecule has 1 aromatic heterocycles. The quantitative estimate of drug-likeness (QED) is 0.826. The van der Waals surface area contributed by atoms with Crippen LogP contribution in [0.3, 0.4) is 0 Å². The SMILES string of the molecule is CCCCn1nc(C(=O)Nc2ccc(N3CCNC3=O)cc2)ccc1=O. The van der Waals surface area contributed by atoms with Crippen molar-refractivity contribution in [1.82, 2.24) is 15.1 Å². The Bertz CT molecular complexity index is 860. The summed E-state index contributed by atoms with van der Waals surface area (Å²) < 4.78 is 1.31. The molecule has 0 aliphatic carbocycles. The molecule has 0 saturated carbocycles. The van der Waals surface area contributed by atoms with Crippen molar-refractivity contribution in [2.24, 2.45) is 0 Å². The minimum Gasteiger partial charge on any atom is -0.336 e. The molecule has 1 fully saturated rings. The van der Waals surface area contributed by atoms with Gasteiger partial charge in [0.05, 0.1) is 0 Å². The number of aryl methyl sites for hydroxylation is 1. The summed E-state index contributed by atoms with van der Waals surface area (Å²) in [5, 5.41) is 9.62. The van der Waals surface area contributed by atoms with Crippen LogP contribution in [0.25, 0.3) is 0 Å². The number of carbonyl (C=O) groups excluding carboxylic acids is 2. The average molecular weight is 355 g/mol. The van der Waals surface area contributed by atoms with Crippen LogP contribution < -0.4 is 21.1 Å². The topological polar surface area (TPSA) is 96.3 Å². The van der Waals surface area contributed by atoms with Gasteiger partial charge in [0.1, 0.15) is 5.69 Å². The minimum absolute atomic E-state index is 0.125. The van der Waals surface area contributed by atoms with Crippen molar-refractivity contribution < 1.29 is 9.59 Å². The molecule has 2 aromatic rings. The summed E-state index contributed by atoms with van der Waals surface area (Å²) in [5.74, 6) is -0.387. The molecule has 26 heavy (non-hydrogen) atoms. The van der Waals surface area contributed by atoms with Crippen LogP contribution in [0.4, 0.5) is 16.2 Å². The first-order valence-electron chi connectivity index (χ1n) is 8.63. The molecule has 8 nitrogen and oxygen atoms in total. The number of hydrogen-bond acceptors (Lipinski definition) is 4. The minimum atomic E-state index is -0.387. The lowest BCUT2D eigenvalue weighted by atomic mass is 10.2. The molecule has 0 bridgehead atoms. The number of amides is 3. The van der Waals surface area contributed by atoms with Gasteiger partial charge in [-0.3, -0.25) is 14.5 Å². The Balaban J connectivity index is 1.69. The number of urea groups is 1. The van der Waals surface area contributed by atoms with Crippen LogP contribution in [0.1, 0.15) is 30.3 Å². The highest BCUT2D eigenvalue weighted by molar-refractivity contribution is 6.03. The van der Waals surface area contributed by atoms with Gasteiger partial charge in [0.2, 0.25) is 0 Å². The largest absolute Gasteiger partial charge is 0.336 e. The molecule has 0 radical (unpaired) electrons. The zero-order chi connectivity index (χ0) is 18.5. The third-order valence-electron chi connectivity index (χ3n) is 4.12. The molecule has 8 heteroatoms. The predicted molar refractivity (Wildman–Crippen MR) is 98.5 cm³/mol. The maximum Gasteiger partial charge on any atom is 0.321 e. The fraction of sp³-hybridized carbons (Fsp3) is 0.333. The summed E-state index contributed by atoms with van der Waals surface area (Å²) in [7, 11) is 0. The lowest BCUT2D eigenvalue weighted by Gasteiger charge is -2.14. The molecule has 0 spiro atoms. The zero-order valence-electron chi connectivity index (χ0n) is 14.6. The van der Waals surface area contributed by atoms with Crippen molar-refractivity contribution in [2.75, 3.05) is 23.3 Å². The lowest BCUT2D eigenvalue weighted by Crippen LogP contribution is -2.27. The van der Waals surface area contributed by atoms with Gasteiger partial charge in [-0.25, -0.2) is 9.48 Å². The van der Waals surface area contributed by atoms with Crippen LogP contribution in [-0.4, -0.2) is 34.8 Å². The highest BCUT2D eigenvalue weighted by Crippen LogP contribution is 2.19. The van der Waals surface area contributed by atoms with Crippen molar-refractivity contribution >= 4 is 23.3 Å². The molecule has 0 atom stereocenters. The van der Waals surface area contributed by atoms with Crippen molar-refractivity contribution in [3.63, 3.8) is 0 Å². The molecular weight excluding hydrogens is 334 g/mol. The monoisotopic (exact) mass is 355 g/mol. The van der Waals surface area contributed by atoms with Gasteiger partial charge in [-0.15, -0.1) is 0 Å². The van der Waals surface area contributed by atoms with Gasteiger partial charge in [-0.05, 0) is 36.8 Å². The lowest BCUT2D eigenvalue weighted by molar-refractivity contribution is 0.101. The first-order chi connectivity index (χ1) is 12.6. The fourth-order valence-corrected chi connectivity index (χ4v) is 2.68. The van der Waals surface area contributed by atoms with E-state index in [2.05, 4.69) is 15.7 Å². The van der Waals surface area contributed by atoms with Gasteiger partial charge in [0.15, 0.2) is 0 Å². The summed E-state index contributed by atoms with van der Waals surface area (Å²) in [6, 6.07) is 9.65. The molecule has 2 N–H and O–H groups in total. The van der Waals surface area contributed by atoms with Crippen LogP contribution in [0, 0.1) is 0 Å². The molecule has 1 aromatic carbocycles. The van der Waals surface area contributed by atoms with E-state index in [1.807, 2.05) is 6.92 Å². The number of nitrogens with one attached hydrogen (secondary N) is 2. The first kappa shape index (κ1) is 17.7. The van der Waals surface area contributed by atoms with E-state index >= 15 is 0 Å². The summed E-state index contributed by atoms with van der Waals surface area (Å²) in [5.41, 5.74) is 1.32. The van der Waals surface area contributed by atoms with Gasteiger partial charge < -0.3 is 10.6 Å². The highest BCUT2D eigenvalue weighted by Gasteiger charge is 2.20. The maximum atomic E-state index is 12.4. The number of benzene rings is 1. The first-order valence-corrected chi connectivity index (χ1v) is 8.63. The van der Waals surface area contributed by atoms with Gasteiger partial charge in [-0.1, -0.05) is 13.3 Å². The number of rotatable bonds is 6. The molecule has 0 unspecified atom stereocenters. The highest BCUT2D eigenvalue weighted by atomic mass is 16.2. The second kappa shape index (κ2) is 7.81. The number of anilines is 2. The smallest absolute Gasteiger partial charge is 0.321 e. The van der Waals surface area contributed by atoms with E-state index in [1.165, 1.54) is 16.8 Å². The summed E-state index contributed by atoms with van der Waals surface area (Å²) in [4.78, 5) is 37.5. The number of nitrogens with zero attached hydrogens (tertiary/aromatic N) is 3. The van der Waals surface area contributed by atoms with Crippen LogP contribution in [0.15, 0.2) is 41.2 Å². The van der Waals surface area contributed by atoms with E-state index in [9.17, 15) is 14.4 Å². The normalized spacial score (nSPS) is 13.6. The van der Waals surface area contributed by atoms with Gasteiger partial charge in [-0.2, -0.15) is 5.10 Å². The Labute approximate surface area is 150 Å². The van der Waals surface area contributed by atoms with E-state index in [0.717, 1.165) is 18.5 Å². The third kappa shape index (κ3) is 3.90. The molecule has 1 saturated heterocycles. The van der Waals surface area contributed by atoms with Crippen molar-refractivity contribution in [2.45, 2.75) is 26.3 Å². The van der Waals surface area contributed by atoms with E-state index in [-0.39, 0.29) is 23.2 Å². The second-order valence-electron chi connectivity index (χ2n) is 6.02. The number of carbonyl (C=O) groups is 2. The Morgan fingerprint density at radius 1 is 1.19 bits per heavy atom. The maximum absolute atomic E-state index is 12.4. The van der Waals surface area contributed by atoms with Crippen LogP contribution >= 0.6 is 0 Å². The molecule has 3 rings (SSSR count). The van der Waals surface area contributed by atoms with Crippen LogP contribution in [0.5, 0.6) is 0 Å². The number of unbranched alkanes of at least 4 members (excludes halogenated alkanes) is 1. The number of hydrogen-bond donors (Lipinski definition) is 2. The summed E-state index contributed by atoms with van der Waals surface area (Å²) in [6.45, 7) is 3.75. The zero-order valence-corrected chi connectivity index (χ0v) is 14.6. The predicted octanol–water partition coefficient (Wildman–Crippen LogP) is 1.83. The van der Waals surface area contributed by atoms with Crippen LogP contribution in [0.2, 0.25) is 0 Å². The Morgan fingerprint density at radius 3 is 2.62 bits per heavy atom. The van der Waals surface area contributed by atoms with Crippen LogP contribution in [-0.2, 0) is 6.54 Å². The van der Waals surface area contributed by atoms with E-state index in [1.54, 1.807) is 29.2 Å². The van der Waals surface area contributed by atoms with Crippen molar-refractivity contribution in [3.8, 4) is 0 Å². The second-order valence-corrected chi connectivity index (χ2v) is 6.02. The van der Waals surface area contributed by atoms with E-state index < -0.39 is 0 Å². The fourth-order valence-electron chi connectivity index (χ4n) is 2.68. The summed E-state index contributed by atoms with van der Waals surface area (Å²) in [6.07, 6.45) is 1.76. The third-order valence-corrected chi connectivity index (χ3v) is 4.12. The Kier molecular flexibility index (Phi) is 5.31. The summed E-state index contributed by atoms with van der Waals surface area (Å²) >= 11 is 0. The molecule has 136 valence electrons. The van der Waals surface area contributed by atoms with Crippen molar-refractivity contribution in [1.29, 1.82) is 0 Å². The number of aromatic nitrogens is 2. The van der Waals surface area contributed by atoms with Crippen molar-refractivity contribution in [3.05, 3.63) is 52.4 Å². The van der Waals surface area contributed by atoms with E-state index in [4.69, 9.17) is 0 Å². The molecule has 2 heterocycles. The molecular formula is C18H21N5O3. The molecule has 1 aliphatic rings.